The van der Waals surface area contributed by atoms with Crippen LogP contribution in [0, 0.1) is 0 Å². The molecule has 3 aromatic rings. The van der Waals surface area contributed by atoms with Crippen molar-refractivity contribution in [3.05, 3.63) is 71.2 Å². The largest absolute Gasteiger partial charge is 0.493 e. The number of aryl methyl sites for hydroxylation is 1. The smallest absolute Gasteiger partial charge is 0.220 e. The Morgan fingerprint density at radius 2 is 2.06 bits per heavy atom. The Balaban J connectivity index is 1.28. The molecule has 2 aromatic carbocycles. The maximum atomic E-state index is 12.5. The molecule has 6 nitrogen and oxygen atoms in total. The van der Waals surface area contributed by atoms with Crippen LogP contribution in [-0.4, -0.2) is 37.1 Å². The number of hydrogen-bond acceptors (Lipinski definition) is 6. The molecule has 1 fully saturated rings. The van der Waals surface area contributed by atoms with Crippen LogP contribution in [0.15, 0.2) is 60.1 Å². The lowest BCUT2D eigenvalue weighted by Gasteiger charge is -2.16. The Hall–Kier alpha value is -3.06. The number of nitrogens with one attached hydrogen (secondary N) is 1. The van der Waals surface area contributed by atoms with E-state index in [9.17, 15) is 4.79 Å². The monoisotopic (exact) mass is 437 g/mol. The number of anilines is 1. The molecule has 0 radical (unpaired) electrons. The van der Waals surface area contributed by atoms with Crippen LogP contribution in [0.4, 0.5) is 5.13 Å². The molecule has 1 aliphatic rings. The van der Waals surface area contributed by atoms with Crippen molar-refractivity contribution in [3.63, 3.8) is 0 Å². The van der Waals surface area contributed by atoms with Crippen LogP contribution in [0.1, 0.15) is 24.0 Å². The summed E-state index contributed by atoms with van der Waals surface area (Å²) in [6.45, 7) is 2.22. The summed E-state index contributed by atoms with van der Waals surface area (Å²) in [6, 6.07) is 16.1. The van der Waals surface area contributed by atoms with E-state index in [-0.39, 0.29) is 11.9 Å². The molecule has 0 aliphatic carbocycles. The minimum Gasteiger partial charge on any atom is -0.493 e. The first-order chi connectivity index (χ1) is 15.2. The Bertz CT molecular complexity index is 979. The van der Waals surface area contributed by atoms with E-state index < -0.39 is 0 Å². The van der Waals surface area contributed by atoms with Crippen LogP contribution in [0.2, 0.25) is 0 Å². The van der Waals surface area contributed by atoms with E-state index in [2.05, 4.69) is 15.2 Å². The molecule has 0 spiro atoms. The third-order valence-electron chi connectivity index (χ3n) is 5.35. The Kier molecular flexibility index (Phi) is 7.04. The van der Waals surface area contributed by atoms with Crippen molar-refractivity contribution in [2.24, 2.45) is 0 Å². The topological polar surface area (TPSA) is 63.7 Å². The molecular weight excluding hydrogens is 410 g/mol. The fourth-order valence-corrected chi connectivity index (χ4v) is 4.39. The molecule has 7 heteroatoms. The highest BCUT2D eigenvalue weighted by atomic mass is 32.1. The van der Waals surface area contributed by atoms with E-state index in [1.807, 2.05) is 60.1 Å². The minimum absolute atomic E-state index is 0.0774. The maximum Gasteiger partial charge on any atom is 0.220 e. The summed E-state index contributed by atoms with van der Waals surface area (Å²) >= 11 is 1.64. The Morgan fingerprint density at radius 3 is 2.84 bits per heavy atom. The summed E-state index contributed by atoms with van der Waals surface area (Å²) in [5, 5.41) is 6.17. The molecular formula is C24H27N3O3S. The molecule has 0 bridgehead atoms. The lowest BCUT2D eigenvalue weighted by molar-refractivity contribution is -0.121. The van der Waals surface area contributed by atoms with Gasteiger partial charge in [0.25, 0.3) is 0 Å². The molecule has 0 saturated carbocycles. The van der Waals surface area contributed by atoms with Crippen molar-refractivity contribution >= 4 is 22.4 Å². The van der Waals surface area contributed by atoms with Crippen LogP contribution in [0.5, 0.6) is 11.5 Å². The zero-order chi connectivity index (χ0) is 21.5. The van der Waals surface area contributed by atoms with Crippen molar-refractivity contribution in [2.75, 3.05) is 25.1 Å². The quantitative estimate of drug-likeness (QED) is 0.547. The van der Waals surface area contributed by atoms with Crippen LogP contribution in [-0.2, 0) is 17.8 Å². The summed E-state index contributed by atoms with van der Waals surface area (Å²) in [4.78, 5) is 19.1. The third kappa shape index (κ3) is 5.76. The normalized spacial score (nSPS) is 15.6. The highest BCUT2D eigenvalue weighted by Crippen LogP contribution is 2.29. The first-order valence-electron chi connectivity index (χ1n) is 10.5. The number of methoxy groups -OCH3 is 1. The first-order valence-corrected chi connectivity index (χ1v) is 11.4. The molecule has 1 aliphatic heterocycles. The van der Waals surface area contributed by atoms with Gasteiger partial charge >= 0.3 is 0 Å². The number of carbonyl (C=O) groups is 1. The number of benzene rings is 2. The fourth-order valence-electron chi connectivity index (χ4n) is 3.71. The van der Waals surface area contributed by atoms with Crippen LogP contribution >= 0.6 is 11.3 Å². The van der Waals surface area contributed by atoms with E-state index in [1.165, 1.54) is 0 Å². The molecule has 4 rings (SSSR count). The predicted molar refractivity (Wildman–Crippen MR) is 123 cm³/mol. The summed E-state index contributed by atoms with van der Waals surface area (Å²) in [6.07, 6.45) is 3.86. The SMILES string of the molecule is COc1ccc(CCC(=O)N[C@@H]2CCN(c3nccs3)C2)cc1OCc1ccccc1. The van der Waals surface area contributed by atoms with Crippen LogP contribution in [0.3, 0.4) is 0 Å². The minimum atomic E-state index is 0.0774. The second-order valence-electron chi connectivity index (χ2n) is 7.57. The number of nitrogens with zero attached hydrogens (tertiary/aromatic N) is 2. The van der Waals surface area contributed by atoms with Gasteiger partial charge in [-0.3, -0.25) is 4.79 Å². The van der Waals surface area contributed by atoms with Gasteiger partial charge in [0, 0.05) is 37.1 Å². The number of rotatable bonds is 9. The third-order valence-corrected chi connectivity index (χ3v) is 6.18. The average molecular weight is 438 g/mol. The van der Waals surface area contributed by atoms with Gasteiger partial charge in [0.1, 0.15) is 6.61 Å². The van der Waals surface area contributed by atoms with Gasteiger partial charge in [-0.2, -0.15) is 0 Å². The number of thiazole rings is 1. The van der Waals surface area contributed by atoms with Crippen molar-refractivity contribution < 1.29 is 14.3 Å². The van der Waals surface area contributed by atoms with E-state index in [1.54, 1.807) is 18.4 Å². The molecule has 1 aromatic heterocycles. The highest BCUT2D eigenvalue weighted by Gasteiger charge is 2.25. The van der Waals surface area contributed by atoms with E-state index >= 15 is 0 Å². The van der Waals surface area contributed by atoms with Crippen LogP contribution < -0.4 is 19.7 Å². The number of carbonyl (C=O) groups excluding carboxylic acids is 1. The summed E-state index contributed by atoms with van der Waals surface area (Å²) in [5.41, 5.74) is 2.15. The van der Waals surface area contributed by atoms with Crippen molar-refractivity contribution in [2.45, 2.75) is 31.9 Å². The fraction of sp³-hybridized carbons (Fsp3) is 0.333. The van der Waals surface area contributed by atoms with Gasteiger partial charge in [-0.05, 0) is 36.1 Å². The zero-order valence-corrected chi connectivity index (χ0v) is 18.4. The van der Waals surface area contributed by atoms with E-state index in [0.717, 1.165) is 35.8 Å². The molecule has 2 heterocycles. The second-order valence-corrected chi connectivity index (χ2v) is 8.45. The van der Waals surface area contributed by atoms with Gasteiger partial charge < -0.3 is 19.7 Å². The van der Waals surface area contributed by atoms with Crippen molar-refractivity contribution in [1.29, 1.82) is 0 Å². The van der Waals surface area contributed by atoms with Crippen molar-refractivity contribution in [1.82, 2.24) is 10.3 Å². The predicted octanol–water partition coefficient (Wildman–Crippen LogP) is 4.06. The van der Waals surface area contributed by atoms with Gasteiger partial charge in [-0.25, -0.2) is 4.98 Å². The molecule has 1 N–H and O–H groups in total. The molecule has 1 amide bonds. The average Bonchev–Trinajstić information content (AvgIpc) is 3.49. The molecule has 31 heavy (non-hydrogen) atoms. The number of aromatic nitrogens is 1. The lowest BCUT2D eigenvalue weighted by atomic mass is 10.1. The van der Waals surface area contributed by atoms with Gasteiger partial charge in [0.15, 0.2) is 16.6 Å². The van der Waals surface area contributed by atoms with E-state index in [4.69, 9.17) is 9.47 Å². The highest BCUT2D eigenvalue weighted by molar-refractivity contribution is 7.13. The number of hydrogen-bond donors (Lipinski definition) is 1. The van der Waals surface area contributed by atoms with Gasteiger partial charge in [-0.15, -0.1) is 11.3 Å². The van der Waals surface area contributed by atoms with Gasteiger partial charge in [0.2, 0.25) is 5.91 Å². The molecule has 1 atom stereocenters. The first kappa shape index (κ1) is 21.2. The summed E-state index contributed by atoms with van der Waals surface area (Å²) in [7, 11) is 1.63. The second kappa shape index (κ2) is 10.3. The molecule has 0 unspecified atom stereocenters. The van der Waals surface area contributed by atoms with Gasteiger partial charge in [0.05, 0.1) is 7.11 Å². The number of ether oxygens (including phenoxy) is 2. The summed E-state index contributed by atoms with van der Waals surface area (Å²) < 4.78 is 11.4. The van der Waals surface area contributed by atoms with E-state index in [0.29, 0.717) is 30.9 Å². The Morgan fingerprint density at radius 1 is 1.19 bits per heavy atom. The maximum absolute atomic E-state index is 12.5. The van der Waals surface area contributed by atoms with Crippen LogP contribution in [0.25, 0.3) is 0 Å². The zero-order valence-electron chi connectivity index (χ0n) is 17.6. The lowest BCUT2D eigenvalue weighted by Crippen LogP contribution is -2.37. The van der Waals surface area contributed by atoms with Gasteiger partial charge in [-0.1, -0.05) is 36.4 Å². The standard InChI is InChI=1S/C24H27N3O3S/c1-29-21-9-7-18(15-22(21)30-17-19-5-3-2-4-6-19)8-10-23(28)26-20-11-13-27(16-20)24-25-12-14-31-24/h2-7,9,12,14-15,20H,8,10-11,13,16-17H2,1H3,(H,26,28)/t20-/m1/s1. The van der Waals surface area contributed by atoms with Crippen molar-refractivity contribution in [3.8, 4) is 11.5 Å². The Labute approximate surface area is 186 Å². The summed E-state index contributed by atoms with van der Waals surface area (Å²) in [5.74, 6) is 1.46. The number of amides is 1. The molecule has 162 valence electrons. The molecule has 1 saturated heterocycles.